The van der Waals surface area contributed by atoms with E-state index in [9.17, 15) is 9.90 Å². The number of aromatic nitrogens is 2. The molecule has 1 heterocycles. The first kappa shape index (κ1) is 16.1. The molecule has 25 heavy (non-hydrogen) atoms. The van der Waals surface area contributed by atoms with Gasteiger partial charge in [0.15, 0.2) is 0 Å². The Morgan fingerprint density at radius 3 is 2.88 bits per heavy atom. The van der Waals surface area contributed by atoms with E-state index in [1.165, 1.54) is 5.56 Å². The van der Waals surface area contributed by atoms with E-state index >= 15 is 0 Å². The van der Waals surface area contributed by atoms with E-state index in [0.717, 1.165) is 41.4 Å². The zero-order valence-electron chi connectivity index (χ0n) is 14.3. The van der Waals surface area contributed by atoms with Crippen molar-refractivity contribution in [3.63, 3.8) is 0 Å². The number of nitrogens with one attached hydrogen (secondary N) is 3. The highest BCUT2D eigenvalue weighted by Gasteiger charge is 2.34. The molecule has 0 aliphatic heterocycles. The first-order valence-corrected chi connectivity index (χ1v) is 8.81. The second kappa shape index (κ2) is 6.17. The number of benzene rings is 2. The third-order valence-corrected chi connectivity index (χ3v) is 5.30. The van der Waals surface area contributed by atoms with Gasteiger partial charge in [-0.3, -0.25) is 0 Å². The summed E-state index contributed by atoms with van der Waals surface area (Å²) in [6.07, 6.45) is 2.81. The summed E-state index contributed by atoms with van der Waals surface area (Å²) in [5, 5.41) is 14.6. The van der Waals surface area contributed by atoms with Crippen LogP contribution in [0.5, 0.6) is 0 Å². The molecular formula is C20H23N3O2. The maximum absolute atomic E-state index is 11.4. The van der Waals surface area contributed by atoms with Gasteiger partial charge in [-0.25, -0.2) is 4.79 Å². The fourth-order valence-electron chi connectivity index (χ4n) is 3.84. The zero-order valence-corrected chi connectivity index (χ0v) is 14.3. The summed E-state index contributed by atoms with van der Waals surface area (Å²) >= 11 is 0. The molecule has 3 aromatic rings. The van der Waals surface area contributed by atoms with Crippen molar-refractivity contribution in [3.8, 4) is 0 Å². The summed E-state index contributed by atoms with van der Waals surface area (Å²) in [7, 11) is 0. The van der Waals surface area contributed by atoms with Gasteiger partial charge in [-0.15, -0.1) is 0 Å². The van der Waals surface area contributed by atoms with Gasteiger partial charge in [-0.05, 0) is 55.0 Å². The molecule has 4 N–H and O–H groups in total. The second-order valence-electron chi connectivity index (χ2n) is 7.03. The maximum Gasteiger partial charge on any atom is 0.323 e. The van der Waals surface area contributed by atoms with Gasteiger partial charge < -0.3 is 20.4 Å². The highest BCUT2D eigenvalue weighted by atomic mass is 16.3. The van der Waals surface area contributed by atoms with Crippen LogP contribution in [0.4, 0.5) is 0 Å². The molecule has 0 amide bonds. The van der Waals surface area contributed by atoms with Gasteiger partial charge >= 0.3 is 5.69 Å². The highest BCUT2D eigenvalue weighted by Crippen LogP contribution is 2.35. The van der Waals surface area contributed by atoms with Gasteiger partial charge in [0, 0.05) is 12.6 Å². The van der Waals surface area contributed by atoms with Crippen LogP contribution in [-0.2, 0) is 12.0 Å². The van der Waals surface area contributed by atoms with E-state index in [4.69, 9.17) is 0 Å². The molecule has 2 unspecified atom stereocenters. The van der Waals surface area contributed by atoms with Gasteiger partial charge in [-0.1, -0.05) is 30.3 Å². The van der Waals surface area contributed by atoms with Gasteiger partial charge in [0.1, 0.15) is 5.60 Å². The quantitative estimate of drug-likeness (QED) is 0.591. The minimum Gasteiger partial charge on any atom is -0.384 e. The Morgan fingerprint density at radius 2 is 2.00 bits per heavy atom. The Bertz CT molecular complexity index is 959. The van der Waals surface area contributed by atoms with Crippen LogP contribution >= 0.6 is 0 Å². The Morgan fingerprint density at radius 1 is 1.20 bits per heavy atom. The normalized spacial score (nSPS) is 21.2. The number of aromatic amines is 2. The molecule has 5 nitrogen and oxygen atoms in total. The van der Waals surface area contributed by atoms with Crippen LogP contribution < -0.4 is 11.0 Å². The Labute approximate surface area is 146 Å². The Kier molecular flexibility index (Phi) is 3.98. The van der Waals surface area contributed by atoms with Gasteiger partial charge in [-0.2, -0.15) is 0 Å². The molecule has 1 aliphatic rings. The van der Waals surface area contributed by atoms with Crippen molar-refractivity contribution < 1.29 is 5.11 Å². The third-order valence-electron chi connectivity index (χ3n) is 5.30. The van der Waals surface area contributed by atoms with Crippen molar-refractivity contribution in [3.05, 3.63) is 69.6 Å². The van der Waals surface area contributed by atoms with E-state index in [0.29, 0.717) is 6.54 Å². The van der Waals surface area contributed by atoms with Gasteiger partial charge in [0.05, 0.1) is 11.0 Å². The van der Waals surface area contributed by atoms with Crippen LogP contribution in [0.15, 0.2) is 47.3 Å². The summed E-state index contributed by atoms with van der Waals surface area (Å²) in [6.45, 7) is 2.58. The Hall–Kier alpha value is -2.37. The fraction of sp³-hybridized carbons (Fsp3) is 0.350. The van der Waals surface area contributed by atoms with E-state index in [1.807, 2.05) is 36.4 Å². The first-order chi connectivity index (χ1) is 12.0. The number of rotatable bonds is 4. The molecule has 0 spiro atoms. The average Bonchev–Trinajstić information content (AvgIpc) is 2.99. The monoisotopic (exact) mass is 337 g/mol. The predicted molar refractivity (Wildman–Crippen MR) is 98.6 cm³/mol. The molecule has 1 aromatic heterocycles. The third kappa shape index (κ3) is 3.01. The lowest BCUT2D eigenvalue weighted by Gasteiger charge is -2.35. The van der Waals surface area contributed by atoms with Crippen LogP contribution in [0, 0.1) is 0 Å². The lowest BCUT2D eigenvalue weighted by Crippen LogP contribution is -2.41. The topological polar surface area (TPSA) is 80.9 Å². The molecule has 4 rings (SSSR count). The molecule has 0 fully saturated rings. The van der Waals surface area contributed by atoms with E-state index in [-0.39, 0.29) is 11.7 Å². The number of hydrogen-bond acceptors (Lipinski definition) is 3. The molecular weight excluding hydrogens is 314 g/mol. The molecule has 0 bridgehead atoms. The molecule has 2 atom stereocenters. The van der Waals surface area contributed by atoms with Crippen molar-refractivity contribution in [2.45, 2.75) is 37.8 Å². The lowest BCUT2D eigenvalue weighted by molar-refractivity contribution is 0.0170. The van der Waals surface area contributed by atoms with Crippen LogP contribution in [0.25, 0.3) is 11.0 Å². The molecule has 0 saturated carbocycles. The maximum atomic E-state index is 11.4. The molecule has 0 saturated heterocycles. The van der Waals surface area contributed by atoms with Gasteiger partial charge in [0.25, 0.3) is 0 Å². The minimum absolute atomic E-state index is 0.0703. The van der Waals surface area contributed by atoms with Crippen molar-refractivity contribution in [2.24, 2.45) is 0 Å². The Balaban J connectivity index is 1.53. The van der Waals surface area contributed by atoms with E-state index in [2.05, 4.69) is 28.3 Å². The number of aliphatic hydroxyl groups is 1. The van der Waals surface area contributed by atoms with E-state index < -0.39 is 5.60 Å². The zero-order chi connectivity index (χ0) is 17.4. The molecule has 5 heteroatoms. The fourth-order valence-corrected chi connectivity index (χ4v) is 3.84. The highest BCUT2D eigenvalue weighted by molar-refractivity contribution is 5.75. The van der Waals surface area contributed by atoms with E-state index in [1.54, 1.807) is 0 Å². The van der Waals surface area contributed by atoms with Crippen molar-refractivity contribution in [1.29, 1.82) is 0 Å². The molecule has 130 valence electrons. The van der Waals surface area contributed by atoms with Gasteiger partial charge in [0.2, 0.25) is 0 Å². The summed E-state index contributed by atoms with van der Waals surface area (Å²) in [6, 6.07) is 14.1. The second-order valence-corrected chi connectivity index (χ2v) is 7.03. The van der Waals surface area contributed by atoms with Crippen molar-refractivity contribution in [2.75, 3.05) is 6.54 Å². The number of H-pyrrole nitrogens is 2. The number of hydrogen-bond donors (Lipinski definition) is 4. The smallest absolute Gasteiger partial charge is 0.323 e. The standard InChI is InChI=1S/C20H23N3O2/c1-13(15-8-9-17-18(11-15)23-19(24)22-17)21-12-20(25)10-4-6-14-5-2-3-7-16(14)20/h2-3,5,7-9,11,13,21,25H,4,6,10,12H2,1H3,(H2,22,23,24). The van der Waals surface area contributed by atoms with Crippen LogP contribution in [0.1, 0.15) is 42.5 Å². The largest absolute Gasteiger partial charge is 0.384 e. The molecule has 0 radical (unpaired) electrons. The molecule has 1 aliphatic carbocycles. The lowest BCUT2D eigenvalue weighted by atomic mass is 9.79. The number of aryl methyl sites for hydroxylation is 1. The molecule has 2 aromatic carbocycles. The van der Waals surface area contributed by atoms with Crippen LogP contribution in [-0.4, -0.2) is 21.6 Å². The predicted octanol–water partition coefficient (Wildman–Crippen LogP) is 2.73. The minimum atomic E-state index is -0.824. The van der Waals surface area contributed by atoms with Crippen molar-refractivity contribution >= 4 is 11.0 Å². The number of fused-ring (bicyclic) bond motifs is 2. The SMILES string of the molecule is CC(NCC1(O)CCCc2ccccc21)c1ccc2[nH]c(=O)[nH]c2c1. The average molecular weight is 337 g/mol. The summed E-state index contributed by atoms with van der Waals surface area (Å²) < 4.78 is 0. The number of imidazole rings is 1. The first-order valence-electron chi connectivity index (χ1n) is 8.81. The summed E-state index contributed by atoms with van der Waals surface area (Å²) in [5.74, 6) is 0. The van der Waals surface area contributed by atoms with Crippen LogP contribution in [0.3, 0.4) is 0 Å². The van der Waals surface area contributed by atoms with Crippen LogP contribution in [0.2, 0.25) is 0 Å². The summed E-state index contributed by atoms with van der Waals surface area (Å²) in [4.78, 5) is 16.9. The summed E-state index contributed by atoms with van der Waals surface area (Å²) in [5.41, 5.74) is 3.97. The van der Waals surface area contributed by atoms with Crippen molar-refractivity contribution in [1.82, 2.24) is 15.3 Å².